The molecule has 0 aromatic heterocycles. The van der Waals surface area contributed by atoms with Crippen molar-refractivity contribution in [1.82, 2.24) is 0 Å². The zero-order valence-corrected chi connectivity index (χ0v) is 11.4. The molecule has 1 heteroatoms. The highest BCUT2D eigenvalue weighted by atomic mass is 16.5. The van der Waals surface area contributed by atoms with Gasteiger partial charge in [-0.25, -0.2) is 0 Å². The Kier molecular flexibility index (Phi) is 5.57. The summed E-state index contributed by atoms with van der Waals surface area (Å²) >= 11 is 0. The van der Waals surface area contributed by atoms with Crippen LogP contribution in [0, 0.1) is 5.92 Å². The molecule has 0 amide bonds. The molecule has 0 spiro atoms. The third kappa shape index (κ3) is 4.13. The van der Waals surface area contributed by atoms with Gasteiger partial charge < -0.3 is 4.74 Å². The molecule has 17 heavy (non-hydrogen) atoms. The molecule has 2 bridgehead atoms. The maximum absolute atomic E-state index is 5.59. The van der Waals surface area contributed by atoms with Crippen LogP contribution >= 0.6 is 0 Å². The Hall–Kier alpha value is -0.300. The first-order valence-corrected chi connectivity index (χ1v) is 7.72. The lowest BCUT2D eigenvalue weighted by Gasteiger charge is -2.13. The van der Waals surface area contributed by atoms with E-state index in [2.05, 4.69) is 13.0 Å². The van der Waals surface area contributed by atoms with Gasteiger partial charge >= 0.3 is 0 Å². The van der Waals surface area contributed by atoms with E-state index in [1.807, 2.05) is 0 Å². The molecule has 0 radical (unpaired) electrons. The van der Waals surface area contributed by atoms with E-state index in [-0.39, 0.29) is 0 Å². The van der Waals surface area contributed by atoms with E-state index >= 15 is 0 Å². The molecular formula is C16H28O. The van der Waals surface area contributed by atoms with Gasteiger partial charge in [0.25, 0.3) is 0 Å². The van der Waals surface area contributed by atoms with Gasteiger partial charge in [0.2, 0.25) is 0 Å². The largest absolute Gasteiger partial charge is 0.373 e. The number of hydrogen-bond acceptors (Lipinski definition) is 1. The van der Waals surface area contributed by atoms with E-state index in [1.54, 1.807) is 5.57 Å². The Morgan fingerprint density at radius 3 is 2.35 bits per heavy atom. The second kappa shape index (κ2) is 7.20. The summed E-state index contributed by atoms with van der Waals surface area (Å²) in [6.07, 6.45) is 16.9. The highest BCUT2D eigenvalue weighted by molar-refractivity contribution is 5.19. The van der Waals surface area contributed by atoms with Crippen LogP contribution < -0.4 is 0 Å². The standard InChI is InChI=1S/C16H28O/c1-2-3-4-5-6-7-8-9-10-14-11-16-12-15(14)13-17-16/h11,15-16H,2-10,12-13H2,1H3. The van der Waals surface area contributed by atoms with Crippen molar-refractivity contribution in [3.63, 3.8) is 0 Å². The van der Waals surface area contributed by atoms with Gasteiger partial charge in [0.1, 0.15) is 0 Å². The van der Waals surface area contributed by atoms with Crippen LogP contribution in [0.4, 0.5) is 0 Å². The van der Waals surface area contributed by atoms with Crippen LogP contribution in [0.5, 0.6) is 0 Å². The molecule has 2 aliphatic rings. The summed E-state index contributed by atoms with van der Waals surface area (Å²) < 4.78 is 5.59. The van der Waals surface area contributed by atoms with Crippen molar-refractivity contribution in [3.8, 4) is 0 Å². The second-order valence-electron chi connectivity index (χ2n) is 5.77. The first kappa shape index (κ1) is 13.1. The van der Waals surface area contributed by atoms with Gasteiger partial charge in [-0.05, 0) is 19.3 Å². The SMILES string of the molecule is CCCCCCCCCCC1=CC2CC1CO2. The zero-order chi connectivity index (χ0) is 11.9. The molecule has 1 heterocycles. The van der Waals surface area contributed by atoms with Gasteiger partial charge in [-0.2, -0.15) is 0 Å². The molecule has 1 fully saturated rings. The minimum Gasteiger partial charge on any atom is -0.373 e. The van der Waals surface area contributed by atoms with Crippen LogP contribution in [0.1, 0.15) is 71.1 Å². The summed E-state index contributed by atoms with van der Waals surface area (Å²) in [5, 5.41) is 0. The highest BCUT2D eigenvalue weighted by Crippen LogP contribution is 2.37. The van der Waals surface area contributed by atoms with Gasteiger partial charge in [-0.15, -0.1) is 0 Å². The Morgan fingerprint density at radius 1 is 1.06 bits per heavy atom. The Labute approximate surface area is 107 Å². The van der Waals surface area contributed by atoms with Gasteiger partial charge in [0, 0.05) is 5.92 Å². The maximum Gasteiger partial charge on any atom is 0.0765 e. The van der Waals surface area contributed by atoms with E-state index in [4.69, 9.17) is 4.74 Å². The van der Waals surface area contributed by atoms with Crippen LogP contribution in [0.15, 0.2) is 11.6 Å². The van der Waals surface area contributed by atoms with Crippen LogP contribution in [0.25, 0.3) is 0 Å². The Balaban J connectivity index is 1.43. The fourth-order valence-corrected chi connectivity index (χ4v) is 3.16. The van der Waals surface area contributed by atoms with Crippen molar-refractivity contribution in [1.29, 1.82) is 0 Å². The molecule has 2 unspecified atom stereocenters. The molecule has 1 saturated heterocycles. The molecule has 1 aliphatic heterocycles. The monoisotopic (exact) mass is 236 g/mol. The molecule has 1 aliphatic carbocycles. The fraction of sp³-hybridized carbons (Fsp3) is 0.875. The quantitative estimate of drug-likeness (QED) is 0.410. The third-order valence-corrected chi connectivity index (χ3v) is 4.27. The predicted octanol–water partition coefficient (Wildman–Crippen LogP) is 4.86. The van der Waals surface area contributed by atoms with Crippen molar-refractivity contribution in [3.05, 3.63) is 11.6 Å². The smallest absolute Gasteiger partial charge is 0.0765 e. The molecule has 0 N–H and O–H groups in total. The van der Waals surface area contributed by atoms with E-state index in [1.165, 1.54) is 64.2 Å². The topological polar surface area (TPSA) is 9.23 Å². The molecule has 2 rings (SSSR count). The zero-order valence-electron chi connectivity index (χ0n) is 11.4. The summed E-state index contributed by atoms with van der Waals surface area (Å²) in [5.74, 6) is 0.796. The summed E-state index contributed by atoms with van der Waals surface area (Å²) in [4.78, 5) is 0. The molecule has 0 aromatic rings. The summed E-state index contributed by atoms with van der Waals surface area (Å²) in [5.41, 5.74) is 1.72. The van der Waals surface area contributed by atoms with Crippen LogP contribution in [0.3, 0.4) is 0 Å². The maximum atomic E-state index is 5.59. The average molecular weight is 236 g/mol. The lowest BCUT2D eigenvalue weighted by atomic mass is 9.97. The van der Waals surface area contributed by atoms with Crippen molar-refractivity contribution in [2.24, 2.45) is 5.92 Å². The fourth-order valence-electron chi connectivity index (χ4n) is 3.16. The second-order valence-corrected chi connectivity index (χ2v) is 5.77. The lowest BCUT2D eigenvalue weighted by Crippen LogP contribution is -2.06. The molecule has 98 valence electrons. The van der Waals surface area contributed by atoms with Gasteiger partial charge in [0.15, 0.2) is 0 Å². The number of hydrogen-bond donors (Lipinski definition) is 0. The lowest BCUT2D eigenvalue weighted by molar-refractivity contribution is 0.132. The number of ether oxygens (including phenoxy) is 1. The summed E-state index contributed by atoms with van der Waals surface area (Å²) in [7, 11) is 0. The average Bonchev–Trinajstić information content (AvgIpc) is 2.94. The minimum absolute atomic E-state index is 0.490. The number of unbranched alkanes of at least 4 members (excludes halogenated alkanes) is 7. The molecular weight excluding hydrogens is 208 g/mol. The third-order valence-electron chi connectivity index (χ3n) is 4.27. The van der Waals surface area contributed by atoms with E-state index in [0.717, 1.165) is 12.5 Å². The molecule has 0 aromatic carbocycles. The first-order valence-electron chi connectivity index (χ1n) is 7.72. The molecule has 2 atom stereocenters. The van der Waals surface area contributed by atoms with Crippen LogP contribution in [-0.2, 0) is 4.74 Å². The van der Waals surface area contributed by atoms with E-state index in [0.29, 0.717) is 6.10 Å². The summed E-state index contributed by atoms with van der Waals surface area (Å²) in [6, 6.07) is 0. The molecule has 0 saturated carbocycles. The number of rotatable bonds is 9. The van der Waals surface area contributed by atoms with Crippen LogP contribution in [0.2, 0.25) is 0 Å². The van der Waals surface area contributed by atoms with Crippen molar-refractivity contribution in [2.75, 3.05) is 6.61 Å². The van der Waals surface area contributed by atoms with Crippen molar-refractivity contribution < 1.29 is 4.74 Å². The van der Waals surface area contributed by atoms with Gasteiger partial charge in [-0.1, -0.05) is 63.5 Å². The highest BCUT2D eigenvalue weighted by Gasteiger charge is 2.32. The normalized spacial score (nSPS) is 26.5. The predicted molar refractivity (Wildman–Crippen MR) is 73.2 cm³/mol. The molecule has 1 nitrogen and oxygen atoms in total. The Morgan fingerprint density at radius 2 is 1.76 bits per heavy atom. The summed E-state index contributed by atoms with van der Waals surface area (Å²) in [6.45, 7) is 3.29. The number of fused-ring (bicyclic) bond motifs is 2. The van der Waals surface area contributed by atoms with E-state index in [9.17, 15) is 0 Å². The van der Waals surface area contributed by atoms with Crippen molar-refractivity contribution >= 4 is 0 Å². The van der Waals surface area contributed by atoms with Gasteiger partial charge in [0.05, 0.1) is 12.7 Å². The minimum atomic E-state index is 0.490. The Bertz CT molecular complexity index is 244. The van der Waals surface area contributed by atoms with Crippen molar-refractivity contribution in [2.45, 2.75) is 77.2 Å². The van der Waals surface area contributed by atoms with Crippen LogP contribution in [-0.4, -0.2) is 12.7 Å². The van der Waals surface area contributed by atoms with Gasteiger partial charge in [-0.3, -0.25) is 0 Å². The van der Waals surface area contributed by atoms with E-state index < -0.39 is 0 Å². The first-order chi connectivity index (χ1) is 8.40.